The highest BCUT2D eigenvalue weighted by Gasteiger charge is 1.91. The van der Waals surface area contributed by atoms with Gasteiger partial charge in [0.05, 0.1) is 0 Å². The zero-order chi connectivity index (χ0) is 7.28. The number of carbonyl (C=O) groups excluding carboxylic acids is 1. The van der Waals surface area contributed by atoms with Crippen LogP contribution in [0.1, 0.15) is 27.2 Å². The Bertz CT molecular complexity index is 125. The molecule has 0 heterocycles. The van der Waals surface area contributed by atoms with Gasteiger partial charge in [0.1, 0.15) is 5.76 Å². The van der Waals surface area contributed by atoms with Crippen molar-refractivity contribution in [1.82, 2.24) is 0 Å². The lowest BCUT2D eigenvalue weighted by atomic mass is 10.4. The second-order valence-electron chi connectivity index (χ2n) is 1.82. The summed E-state index contributed by atoms with van der Waals surface area (Å²) in [6, 6.07) is 0. The molecule has 2 nitrogen and oxygen atoms in total. The van der Waals surface area contributed by atoms with Gasteiger partial charge in [-0.05, 0) is 19.4 Å². The van der Waals surface area contributed by atoms with E-state index in [2.05, 4.69) is 0 Å². The van der Waals surface area contributed by atoms with Crippen LogP contribution in [0.4, 0.5) is 0 Å². The van der Waals surface area contributed by atoms with Crippen LogP contribution in [0.2, 0.25) is 0 Å². The first kappa shape index (κ1) is 8.21. The third kappa shape index (κ3) is 5.07. The summed E-state index contributed by atoms with van der Waals surface area (Å²) in [7, 11) is 0. The Morgan fingerprint density at radius 2 is 2.11 bits per heavy atom. The summed E-state index contributed by atoms with van der Waals surface area (Å²) >= 11 is 0. The topological polar surface area (TPSA) is 26.3 Å². The van der Waals surface area contributed by atoms with Crippen molar-refractivity contribution in [2.75, 3.05) is 0 Å². The van der Waals surface area contributed by atoms with Gasteiger partial charge < -0.3 is 4.74 Å². The van der Waals surface area contributed by atoms with Gasteiger partial charge in [-0.25, -0.2) is 0 Å². The third-order valence-corrected chi connectivity index (χ3v) is 0.796. The fourth-order valence-corrected chi connectivity index (χ4v) is 0.556. The van der Waals surface area contributed by atoms with Gasteiger partial charge in [0, 0.05) is 6.92 Å². The van der Waals surface area contributed by atoms with Crippen LogP contribution in [0.3, 0.4) is 0 Å². The van der Waals surface area contributed by atoms with Crippen molar-refractivity contribution >= 4 is 5.97 Å². The molecule has 0 rings (SSSR count). The molecule has 0 aliphatic carbocycles. The van der Waals surface area contributed by atoms with Crippen molar-refractivity contribution in [1.29, 1.82) is 0 Å². The molecule has 0 amide bonds. The average molecular weight is 128 g/mol. The van der Waals surface area contributed by atoms with E-state index in [-0.39, 0.29) is 5.97 Å². The monoisotopic (exact) mass is 128 g/mol. The molecule has 0 fully saturated rings. The predicted molar refractivity (Wildman–Crippen MR) is 35.8 cm³/mol. The molecule has 0 atom stereocenters. The Morgan fingerprint density at radius 3 is 2.44 bits per heavy atom. The van der Waals surface area contributed by atoms with Gasteiger partial charge in [0.15, 0.2) is 0 Å². The normalized spacial score (nSPS) is 11.2. The van der Waals surface area contributed by atoms with E-state index in [0.29, 0.717) is 5.76 Å². The first-order chi connectivity index (χ1) is 4.16. The van der Waals surface area contributed by atoms with Gasteiger partial charge in [0.25, 0.3) is 0 Å². The number of rotatable bonds is 2. The summed E-state index contributed by atoms with van der Waals surface area (Å²) < 4.78 is 4.71. The van der Waals surface area contributed by atoms with E-state index in [9.17, 15) is 4.79 Å². The number of ether oxygens (including phenoxy) is 1. The molecule has 0 aromatic heterocycles. The smallest absolute Gasteiger partial charge is 0.307 e. The van der Waals surface area contributed by atoms with Crippen LogP contribution in [-0.4, -0.2) is 5.97 Å². The highest BCUT2D eigenvalue weighted by molar-refractivity contribution is 5.67. The van der Waals surface area contributed by atoms with Gasteiger partial charge in [-0.15, -0.1) is 0 Å². The number of carbonyl (C=O) groups is 1. The van der Waals surface area contributed by atoms with Crippen molar-refractivity contribution in [2.24, 2.45) is 0 Å². The first-order valence-corrected chi connectivity index (χ1v) is 3.02. The Hall–Kier alpha value is -0.790. The Kier molecular flexibility index (Phi) is 3.76. The Labute approximate surface area is 55.5 Å². The van der Waals surface area contributed by atoms with Crippen LogP contribution in [-0.2, 0) is 9.53 Å². The molecule has 0 saturated carbocycles. The molecule has 0 unspecified atom stereocenters. The van der Waals surface area contributed by atoms with Crippen LogP contribution < -0.4 is 0 Å². The Morgan fingerprint density at radius 1 is 1.56 bits per heavy atom. The van der Waals surface area contributed by atoms with E-state index in [0.717, 1.165) is 6.42 Å². The summed E-state index contributed by atoms with van der Waals surface area (Å²) in [4.78, 5) is 10.3. The molecule has 9 heavy (non-hydrogen) atoms. The molecule has 2 heteroatoms. The molecule has 0 aliphatic rings. The quantitative estimate of drug-likeness (QED) is 0.419. The number of hydrogen-bond donors (Lipinski definition) is 0. The number of allylic oxidation sites excluding steroid dienone is 2. The zero-order valence-corrected chi connectivity index (χ0v) is 6.10. The minimum absolute atomic E-state index is 0.253. The van der Waals surface area contributed by atoms with E-state index in [4.69, 9.17) is 4.74 Å². The van der Waals surface area contributed by atoms with Crippen molar-refractivity contribution in [3.8, 4) is 0 Å². The maximum absolute atomic E-state index is 10.3. The third-order valence-electron chi connectivity index (χ3n) is 0.796. The maximum atomic E-state index is 10.3. The lowest BCUT2D eigenvalue weighted by Gasteiger charge is -1.97. The molecule has 0 aromatic rings. The van der Waals surface area contributed by atoms with E-state index >= 15 is 0 Å². The van der Waals surface area contributed by atoms with Gasteiger partial charge in [-0.1, -0.05) is 6.92 Å². The van der Waals surface area contributed by atoms with Gasteiger partial charge in [-0.3, -0.25) is 4.79 Å². The second-order valence-corrected chi connectivity index (χ2v) is 1.82. The largest absolute Gasteiger partial charge is 0.432 e. The molecule has 0 aromatic carbocycles. The fourth-order valence-electron chi connectivity index (χ4n) is 0.556. The SMILES string of the molecule is CC/C=C(/C)OC(C)=O. The molecule has 0 aliphatic heterocycles. The summed E-state index contributed by atoms with van der Waals surface area (Å²) in [6.07, 6.45) is 2.76. The maximum Gasteiger partial charge on any atom is 0.307 e. The van der Waals surface area contributed by atoms with E-state index in [1.807, 2.05) is 13.0 Å². The lowest BCUT2D eigenvalue weighted by molar-refractivity contribution is -0.136. The summed E-state index contributed by atoms with van der Waals surface area (Å²) in [5.74, 6) is 0.433. The fraction of sp³-hybridized carbons (Fsp3) is 0.571. The second kappa shape index (κ2) is 4.13. The van der Waals surface area contributed by atoms with Gasteiger partial charge in [-0.2, -0.15) is 0 Å². The highest BCUT2D eigenvalue weighted by Crippen LogP contribution is 1.96. The van der Waals surface area contributed by atoms with E-state index < -0.39 is 0 Å². The van der Waals surface area contributed by atoms with Crippen molar-refractivity contribution in [3.63, 3.8) is 0 Å². The van der Waals surface area contributed by atoms with Gasteiger partial charge >= 0.3 is 5.97 Å². The molecule has 0 saturated heterocycles. The average Bonchev–Trinajstić information content (AvgIpc) is 1.63. The lowest BCUT2D eigenvalue weighted by Crippen LogP contribution is -1.94. The van der Waals surface area contributed by atoms with E-state index in [1.54, 1.807) is 6.92 Å². The molecular formula is C7H12O2. The molecule has 0 N–H and O–H groups in total. The van der Waals surface area contributed by atoms with Gasteiger partial charge in [0.2, 0.25) is 0 Å². The molecule has 0 radical (unpaired) electrons. The van der Waals surface area contributed by atoms with Crippen LogP contribution in [0.25, 0.3) is 0 Å². The summed E-state index contributed by atoms with van der Waals surface area (Å²) in [5, 5.41) is 0. The van der Waals surface area contributed by atoms with Crippen LogP contribution >= 0.6 is 0 Å². The highest BCUT2D eigenvalue weighted by atomic mass is 16.5. The number of esters is 1. The molecule has 0 spiro atoms. The minimum atomic E-state index is -0.253. The summed E-state index contributed by atoms with van der Waals surface area (Å²) in [5.41, 5.74) is 0. The molecule has 0 bridgehead atoms. The van der Waals surface area contributed by atoms with Crippen LogP contribution in [0.15, 0.2) is 11.8 Å². The minimum Gasteiger partial charge on any atom is -0.432 e. The van der Waals surface area contributed by atoms with E-state index in [1.165, 1.54) is 6.92 Å². The molecule has 52 valence electrons. The Balaban J connectivity index is 3.62. The van der Waals surface area contributed by atoms with Crippen LogP contribution in [0, 0.1) is 0 Å². The number of hydrogen-bond acceptors (Lipinski definition) is 2. The summed E-state index contributed by atoms with van der Waals surface area (Å²) in [6.45, 7) is 5.16. The van der Waals surface area contributed by atoms with Crippen molar-refractivity contribution in [2.45, 2.75) is 27.2 Å². The standard InChI is InChI=1S/C7H12O2/c1-4-5-6(2)9-7(3)8/h5H,4H2,1-3H3/b6-5-. The van der Waals surface area contributed by atoms with Crippen molar-refractivity contribution in [3.05, 3.63) is 11.8 Å². The molecular weight excluding hydrogens is 116 g/mol. The zero-order valence-electron chi connectivity index (χ0n) is 6.10. The van der Waals surface area contributed by atoms with Crippen molar-refractivity contribution < 1.29 is 9.53 Å². The predicted octanol–water partition coefficient (Wildman–Crippen LogP) is 1.86. The first-order valence-electron chi connectivity index (χ1n) is 3.02. The van der Waals surface area contributed by atoms with Crippen LogP contribution in [0.5, 0.6) is 0 Å².